The lowest BCUT2D eigenvalue weighted by Gasteiger charge is -2.53. The molecular weight excluding hydrogens is 288 g/mol. The normalized spacial score (nSPS) is 33.2. The molecule has 0 N–H and O–H groups in total. The summed E-state index contributed by atoms with van der Waals surface area (Å²) in [7, 11) is 0. The van der Waals surface area contributed by atoms with Crippen molar-refractivity contribution < 1.29 is 0 Å². The molecule has 0 amide bonds. The predicted molar refractivity (Wildman–Crippen MR) is 110 cm³/mol. The first-order valence-corrected chi connectivity index (χ1v) is 10.2. The van der Waals surface area contributed by atoms with Gasteiger partial charge in [-0.2, -0.15) is 0 Å². The van der Waals surface area contributed by atoms with Gasteiger partial charge in [-0.1, -0.05) is 84.8 Å². The maximum Gasteiger partial charge on any atom is -0.0126 e. The summed E-state index contributed by atoms with van der Waals surface area (Å²) in [5, 5.41) is 0. The van der Waals surface area contributed by atoms with E-state index in [2.05, 4.69) is 80.2 Å². The van der Waals surface area contributed by atoms with Gasteiger partial charge in [0.15, 0.2) is 0 Å². The van der Waals surface area contributed by atoms with Crippen LogP contribution in [-0.4, -0.2) is 0 Å². The van der Waals surface area contributed by atoms with Gasteiger partial charge in [-0.25, -0.2) is 0 Å². The molecule has 1 fully saturated rings. The van der Waals surface area contributed by atoms with Crippen LogP contribution in [0.1, 0.15) is 81.1 Å². The summed E-state index contributed by atoms with van der Waals surface area (Å²) < 4.78 is 0. The zero-order valence-electron chi connectivity index (χ0n) is 17.7. The fourth-order valence-electron chi connectivity index (χ4n) is 5.17. The van der Waals surface area contributed by atoms with Crippen molar-refractivity contribution in [3.63, 3.8) is 0 Å². The lowest BCUT2D eigenvalue weighted by Crippen LogP contribution is -2.46. The molecular formula is C24H42. The predicted octanol–water partition coefficient (Wildman–Crippen LogP) is 7.83. The van der Waals surface area contributed by atoms with Crippen LogP contribution in [-0.2, 0) is 0 Å². The second-order valence-electron chi connectivity index (χ2n) is 8.87. The molecule has 0 heteroatoms. The number of hydrogen-bond acceptors (Lipinski definition) is 0. The van der Waals surface area contributed by atoms with Crippen LogP contribution in [0.3, 0.4) is 0 Å². The van der Waals surface area contributed by atoms with E-state index < -0.39 is 0 Å². The molecule has 0 nitrogen and oxygen atoms in total. The monoisotopic (exact) mass is 330 g/mol. The van der Waals surface area contributed by atoms with E-state index in [9.17, 15) is 0 Å². The Hall–Kier alpha value is -0.780. The highest BCUT2D eigenvalue weighted by Gasteiger charge is 2.47. The fraction of sp³-hybridized carbons (Fsp3) is 0.750. The van der Waals surface area contributed by atoms with Gasteiger partial charge in [0.2, 0.25) is 0 Å². The van der Waals surface area contributed by atoms with Gasteiger partial charge in [0.25, 0.3) is 0 Å². The maximum atomic E-state index is 4.32. The van der Waals surface area contributed by atoms with Crippen LogP contribution in [0.4, 0.5) is 0 Å². The fourth-order valence-corrected chi connectivity index (χ4v) is 5.17. The van der Waals surface area contributed by atoms with Crippen molar-refractivity contribution in [2.75, 3.05) is 0 Å². The summed E-state index contributed by atoms with van der Waals surface area (Å²) in [5.41, 5.74) is 3.22. The van der Waals surface area contributed by atoms with E-state index in [-0.39, 0.29) is 0 Å². The molecule has 0 aromatic heterocycles. The minimum Gasteiger partial charge on any atom is -0.0958 e. The Morgan fingerprint density at radius 2 is 1.92 bits per heavy atom. The summed E-state index contributed by atoms with van der Waals surface area (Å²) >= 11 is 0. The van der Waals surface area contributed by atoms with E-state index in [1.54, 1.807) is 0 Å². The molecule has 0 aromatic carbocycles. The van der Waals surface area contributed by atoms with Crippen molar-refractivity contribution in [2.24, 2.45) is 35.0 Å². The number of allylic oxidation sites excluding steroid dienone is 5. The van der Waals surface area contributed by atoms with Crippen molar-refractivity contribution in [1.29, 1.82) is 0 Å². The highest BCUT2D eigenvalue weighted by Crippen LogP contribution is 2.55. The van der Waals surface area contributed by atoms with Crippen LogP contribution >= 0.6 is 0 Å². The Labute approximate surface area is 152 Å². The van der Waals surface area contributed by atoms with Crippen molar-refractivity contribution in [2.45, 2.75) is 81.1 Å². The van der Waals surface area contributed by atoms with Crippen LogP contribution in [0, 0.1) is 35.0 Å². The first-order chi connectivity index (χ1) is 11.2. The number of hydrogen-bond donors (Lipinski definition) is 0. The number of rotatable bonds is 7. The lowest BCUT2D eigenvalue weighted by molar-refractivity contribution is -0.0224. The summed E-state index contributed by atoms with van der Waals surface area (Å²) in [6.45, 7) is 23.4. The molecule has 0 bridgehead atoms. The molecule has 1 aliphatic carbocycles. The van der Waals surface area contributed by atoms with Gasteiger partial charge in [-0.05, 0) is 67.3 Å². The van der Waals surface area contributed by atoms with Crippen molar-refractivity contribution >= 4 is 0 Å². The average Bonchev–Trinajstić information content (AvgIpc) is 2.50. The van der Waals surface area contributed by atoms with E-state index in [1.165, 1.54) is 36.8 Å². The van der Waals surface area contributed by atoms with Crippen LogP contribution in [0.15, 0.2) is 36.0 Å². The quantitative estimate of drug-likeness (QED) is 0.417. The Morgan fingerprint density at radius 3 is 2.38 bits per heavy atom. The van der Waals surface area contributed by atoms with Crippen LogP contribution in [0.2, 0.25) is 0 Å². The van der Waals surface area contributed by atoms with E-state index in [4.69, 9.17) is 0 Å². The molecule has 1 saturated carbocycles. The minimum absolute atomic E-state index is 0.462. The molecule has 0 aromatic rings. The molecule has 0 aliphatic heterocycles. The third kappa shape index (κ3) is 4.44. The second-order valence-corrected chi connectivity index (χ2v) is 8.87. The van der Waals surface area contributed by atoms with Gasteiger partial charge in [0, 0.05) is 0 Å². The summed E-state index contributed by atoms with van der Waals surface area (Å²) in [5.74, 6) is 3.71. The Kier molecular flexibility index (Phi) is 8.03. The third-order valence-corrected chi connectivity index (χ3v) is 7.16. The maximum absolute atomic E-state index is 4.32. The topological polar surface area (TPSA) is 0 Å². The molecule has 138 valence electrons. The van der Waals surface area contributed by atoms with E-state index >= 15 is 0 Å². The van der Waals surface area contributed by atoms with Crippen molar-refractivity contribution in [3.8, 4) is 0 Å². The SMILES string of the molecule is C=C(C)/C(=C\C=C/C)C1CC[C@](C)(C(C)C)C(C)C1[C@@H](C)CCC. The second kappa shape index (κ2) is 9.07. The molecule has 0 spiro atoms. The first-order valence-electron chi connectivity index (χ1n) is 10.2. The zero-order valence-corrected chi connectivity index (χ0v) is 17.7. The van der Waals surface area contributed by atoms with Crippen LogP contribution in [0.5, 0.6) is 0 Å². The van der Waals surface area contributed by atoms with Gasteiger partial charge in [0.05, 0.1) is 0 Å². The van der Waals surface area contributed by atoms with Crippen molar-refractivity contribution in [1.82, 2.24) is 0 Å². The van der Waals surface area contributed by atoms with Gasteiger partial charge >= 0.3 is 0 Å². The van der Waals surface area contributed by atoms with Gasteiger partial charge in [0.1, 0.15) is 0 Å². The highest BCUT2D eigenvalue weighted by atomic mass is 14.5. The zero-order chi connectivity index (χ0) is 18.5. The lowest BCUT2D eigenvalue weighted by atomic mass is 9.52. The van der Waals surface area contributed by atoms with E-state index in [0.717, 1.165) is 23.7 Å². The van der Waals surface area contributed by atoms with Crippen LogP contribution in [0.25, 0.3) is 0 Å². The molecule has 0 radical (unpaired) electrons. The summed E-state index contributed by atoms with van der Waals surface area (Å²) in [6.07, 6.45) is 12.0. The van der Waals surface area contributed by atoms with Crippen LogP contribution < -0.4 is 0 Å². The Morgan fingerprint density at radius 1 is 1.29 bits per heavy atom. The molecule has 24 heavy (non-hydrogen) atoms. The largest absolute Gasteiger partial charge is 0.0958 e. The molecule has 0 saturated heterocycles. The highest BCUT2D eigenvalue weighted by molar-refractivity contribution is 5.33. The minimum atomic E-state index is 0.462. The molecule has 1 aliphatic rings. The van der Waals surface area contributed by atoms with Gasteiger partial charge in [-0.15, -0.1) is 0 Å². The average molecular weight is 331 g/mol. The standard InChI is InChI=1S/C24H42/c1-10-12-14-21(17(3)4)22-15-16-24(9,18(5)6)20(8)23(22)19(7)13-11-2/h10,12,14,18-20,22-23H,3,11,13,15-16H2,1-2,4-9H3/b12-10-,21-14+/t19-,20?,22?,23?,24+/m0/s1. The van der Waals surface area contributed by atoms with Gasteiger partial charge < -0.3 is 0 Å². The Bertz CT molecular complexity index is 464. The third-order valence-electron chi connectivity index (χ3n) is 7.16. The summed E-state index contributed by atoms with van der Waals surface area (Å²) in [4.78, 5) is 0. The van der Waals surface area contributed by atoms with E-state index in [1.807, 2.05) is 0 Å². The molecule has 3 unspecified atom stereocenters. The summed E-state index contributed by atoms with van der Waals surface area (Å²) in [6, 6.07) is 0. The first kappa shape index (κ1) is 21.3. The molecule has 1 rings (SSSR count). The van der Waals surface area contributed by atoms with E-state index in [0.29, 0.717) is 11.3 Å². The Balaban J connectivity index is 3.30. The molecule has 5 atom stereocenters. The smallest absolute Gasteiger partial charge is 0.0126 e. The van der Waals surface area contributed by atoms with Crippen molar-refractivity contribution in [3.05, 3.63) is 36.0 Å². The van der Waals surface area contributed by atoms with Gasteiger partial charge in [-0.3, -0.25) is 0 Å². The molecule has 0 heterocycles.